The van der Waals surface area contributed by atoms with Gasteiger partial charge in [0.25, 0.3) is 0 Å². The molecule has 1 aliphatic heterocycles. The van der Waals surface area contributed by atoms with Crippen LogP contribution >= 0.6 is 15.9 Å². The predicted molar refractivity (Wildman–Crippen MR) is 41.9 cm³/mol. The molecule has 2 nitrogen and oxygen atoms in total. The maximum absolute atomic E-state index is 5.70. The molecule has 0 amide bonds. The van der Waals surface area contributed by atoms with Crippen molar-refractivity contribution in [2.45, 2.75) is 12.6 Å². The van der Waals surface area contributed by atoms with E-state index in [0.717, 1.165) is 4.48 Å². The second-order valence-electron chi connectivity index (χ2n) is 2.29. The van der Waals surface area contributed by atoms with Crippen LogP contribution in [-0.2, 0) is 0 Å². The molecular formula is C6H9BrN2. The molecule has 3 heteroatoms. The van der Waals surface area contributed by atoms with Gasteiger partial charge in [0.1, 0.15) is 5.66 Å². The maximum Gasteiger partial charge on any atom is 0.103 e. The number of hydrogen-bond donors (Lipinski definition) is 2. The lowest BCUT2D eigenvalue weighted by Crippen LogP contribution is -2.47. The topological polar surface area (TPSA) is 38.0 Å². The van der Waals surface area contributed by atoms with Gasteiger partial charge in [-0.1, -0.05) is 15.9 Å². The highest BCUT2D eigenvalue weighted by molar-refractivity contribution is 9.11. The maximum atomic E-state index is 5.70. The minimum atomic E-state index is -0.395. The van der Waals surface area contributed by atoms with Crippen LogP contribution in [0.4, 0.5) is 0 Å². The first-order valence-electron chi connectivity index (χ1n) is 2.72. The molecule has 0 spiro atoms. The monoisotopic (exact) mass is 188 g/mol. The first-order chi connectivity index (χ1) is 4.10. The van der Waals surface area contributed by atoms with E-state index in [1.807, 2.05) is 25.3 Å². The Labute approximate surface area is 62.9 Å². The van der Waals surface area contributed by atoms with E-state index >= 15 is 0 Å². The van der Waals surface area contributed by atoms with Gasteiger partial charge in [0.15, 0.2) is 0 Å². The average molecular weight is 189 g/mol. The standard InChI is InChI=1S/C6H9BrN2/c1-6(8)4-5(7)2-3-9-6/h2-4,9H,8H2,1H3. The van der Waals surface area contributed by atoms with Crippen molar-refractivity contribution in [3.05, 3.63) is 22.8 Å². The molecule has 1 unspecified atom stereocenters. The van der Waals surface area contributed by atoms with Crippen molar-refractivity contribution in [2.75, 3.05) is 0 Å². The molecule has 1 heterocycles. The van der Waals surface area contributed by atoms with E-state index in [9.17, 15) is 0 Å². The fraction of sp³-hybridized carbons (Fsp3) is 0.333. The van der Waals surface area contributed by atoms with Gasteiger partial charge in [-0.25, -0.2) is 0 Å². The number of dihydropyridines is 1. The molecule has 0 aliphatic carbocycles. The lowest BCUT2D eigenvalue weighted by atomic mass is 10.1. The van der Waals surface area contributed by atoms with Gasteiger partial charge in [0.05, 0.1) is 0 Å². The third-order valence-corrected chi connectivity index (χ3v) is 1.57. The molecular weight excluding hydrogens is 180 g/mol. The normalized spacial score (nSPS) is 33.4. The zero-order valence-electron chi connectivity index (χ0n) is 5.19. The van der Waals surface area contributed by atoms with Crippen LogP contribution in [0.2, 0.25) is 0 Å². The Balaban J connectivity index is 2.78. The Morgan fingerprint density at radius 3 is 2.78 bits per heavy atom. The number of allylic oxidation sites excluding steroid dienone is 2. The molecule has 0 fully saturated rings. The molecule has 0 aromatic heterocycles. The first-order valence-corrected chi connectivity index (χ1v) is 3.51. The summed E-state index contributed by atoms with van der Waals surface area (Å²) >= 11 is 3.32. The van der Waals surface area contributed by atoms with Gasteiger partial charge in [-0.05, 0) is 25.3 Å². The van der Waals surface area contributed by atoms with Gasteiger partial charge in [-0.2, -0.15) is 0 Å². The van der Waals surface area contributed by atoms with Gasteiger partial charge >= 0.3 is 0 Å². The summed E-state index contributed by atoms with van der Waals surface area (Å²) in [5, 5.41) is 2.98. The first kappa shape index (κ1) is 6.83. The van der Waals surface area contributed by atoms with Crippen LogP contribution in [0.25, 0.3) is 0 Å². The van der Waals surface area contributed by atoms with E-state index in [4.69, 9.17) is 5.73 Å². The molecule has 1 atom stereocenters. The van der Waals surface area contributed by atoms with Gasteiger partial charge in [-0.15, -0.1) is 0 Å². The molecule has 50 valence electrons. The zero-order chi connectivity index (χ0) is 6.91. The Morgan fingerprint density at radius 1 is 1.78 bits per heavy atom. The quantitative estimate of drug-likeness (QED) is 0.597. The summed E-state index contributed by atoms with van der Waals surface area (Å²) in [6, 6.07) is 0. The highest BCUT2D eigenvalue weighted by atomic mass is 79.9. The fourth-order valence-electron chi connectivity index (χ4n) is 0.677. The smallest absolute Gasteiger partial charge is 0.103 e. The highest BCUT2D eigenvalue weighted by Gasteiger charge is 2.14. The van der Waals surface area contributed by atoms with E-state index in [0.29, 0.717) is 0 Å². The summed E-state index contributed by atoms with van der Waals surface area (Å²) in [4.78, 5) is 0. The molecule has 0 aromatic carbocycles. The van der Waals surface area contributed by atoms with E-state index in [1.165, 1.54) is 0 Å². The van der Waals surface area contributed by atoms with Crippen molar-refractivity contribution in [1.29, 1.82) is 0 Å². The molecule has 9 heavy (non-hydrogen) atoms. The van der Waals surface area contributed by atoms with Crippen molar-refractivity contribution < 1.29 is 0 Å². The lowest BCUT2D eigenvalue weighted by molar-refractivity contribution is 0.517. The van der Waals surface area contributed by atoms with E-state index in [2.05, 4.69) is 21.2 Å². The van der Waals surface area contributed by atoms with Crippen LogP contribution in [0.1, 0.15) is 6.92 Å². The van der Waals surface area contributed by atoms with Crippen molar-refractivity contribution in [1.82, 2.24) is 5.32 Å². The van der Waals surface area contributed by atoms with Crippen LogP contribution in [0.3, 0.4) is 0 Å². The van der Waals surface area contributed by atoms with Crippen LogP contribution in [-0.4, -0.2) is 5.66 Å². The Bertz CT molecular complexity index is 170. The van der Waals surface area contributed by atoms with E-state index in [-0.39, 0.29) is 0 Å². The summed E-state index contributed by atoms with van der Waals surface area (Å²) in [6.07, 6.45) is 5.64. The van der Waals surface area contributed by atoms with E-state index < -0.39 is 5.66 Å². The van der Waals surface area contributed by atoms with Gasteiger partial charge in [-0.3, -0.25) is 0 Å². The largest absolute Gasteiger partial charge is 0.370 e. The van der Waals surface area contributed by atoms with Gasteiger partial charge in [0.2, 0.25) is 0 Å². The summed E-state index contributed by atoms with van der Waals surface area (Å²) in [5.74, 6) is 0. The molecule has 0 bridgehead atoms. The summed E-state index contributed by atoms with van der Waals surface area (Å²) in [7, 11) is 0. The Hall–Kier alpha value is -0.280. The molecule has 1 aliphatic rings. The molecule has 3 N–H and O–H groups in total. The van der Waals surface area contributed by atoms with Crippen molar-refractivity contribution in [3.63, 3.8) is 0 Å². The SMILES string of the molecule is CC1(N)C=C(Br)C=CN1. The highest BCUT2D eigenvalue weighted by Crippen LogP contribution is 2.14. The molecule has 0 saturated heterocycles. The predicted octanol–water partition coefficient (Wildman–Crippen LogP) is 1.06. The second kappa shape index (κ2) is 2.15. The fourth-order valence-corrected chi connectivity index (χ4v) is 1.28. The number of halogens is 1. The summed E-state index contributed by atoms with van der Waals surface area (Å²) in [5.41, 5.74) is 5.30. The van der Waals surface area contributed by atoms with Crippen LogP contribution in [0, 0.1) is 0 Å². The summed E-state index contributed by atoms with van der Waals surface area (Å²) in [6.45, 7) is 1.90. The van der Waals surface area contributed by atoms with Crippen LogP contribution in [0.15, 0.2) is 22.8 Å². The second-order valence-corrected chi connectivity index (χ2v) is 3.21. The third kappa shape index (κ3) is 1.84. The molecule has 1 rings (SSSR count). The molecule has 0 radical (unpaired) electrons. The number of nitrogens with one attached hydrogen (secondary N) is 1. The van der Waals surface area contributed by atoms with Crippen LogP contribution in [0.5, 0.6) is 0 Å². The minimum Gasteiger partial charge on any atom is -0.370 e. The zero-order valence-corrected chi connectivity index (χ0v) is 6.77. The van der Waals surface area contributed by atoms with Crippen LogP contribution < -0.4 is 11.1 Å². The Morgan fingerprint density at radius 2 is 2.44 bits per heavy atom. The molecule has 0 saturated carbocycles. The van der Waals surface area contributed by atoms with Crippen molar-refractivity contribution >= 4 is 15.9 Å². The summed E-state index contributed by atoms with van der Waals surface area (Å²) < 4.78 is 1.02. The molecule has 0 aromatic rings. The van der Waals surface area contributed by atoms with Crippen molar-refractivity contribution in [3.8, 4) is 0 Å². The average Bonchev–Trinajstić information content (AvgIpc) is 1.60. The van der Waals surface area contributed by atoms with E-state index in [1.54, 1.807) is 0 Å². The minimum absolute atomic E-state index is 0.395. The van der Waals surface area contributed by atoms with Gasteiger partial charge in [0, 0.05) is 4.48 Å². The third-order valence-electron chi connectivity index (χ3n) is 1.07. The number of rotatable bonds is 0. The van der Waals surface area contributed by atoms with Gasteiger partial charge < -0.3 is 11.1 Å². The van der Waals surface area contributed by atoms with Crippen molar-refractivity contribution in [2.24, 2.45) is 5.73 Å². The lowest BCUT2D eigenvalue weighted by Gasteiger charge is -2.23. The number of nitrogens with two attached hydrogens (primary N) is 1. The number of hydrogen-bond acceptors (Lipinski definition) is 2. The Kier molecular flexibility index (Phi) is 1.64.